The molecule has 1 atom stereocenters. The molecule has 29 heavy (non-hydrogen) atoms. The van der Waals surface area contributed by atoms with Gasteiger partial charge in [-0.25, -0.2) is 0 Å². The fourth-order valence-electron chi connectivity index (χ4n) is 4.62. The van der Waals surface area contributed by atoms with E-state index in [0.29, 0.717) is 11.7 Å². The van der Waals surface area contributed by atoms with Gasteiger partial charge in [-0.15, -0.1) is 0 Å². The van der Waals surface area contributed by atoms with Gasteiger partial charge in [0.15, 0.2) is 5.69 Å². The predicted molar refractivity (Wildman–Crippen MR) is 114 cm³/mol. The Morgan fingerprint density at radius 1 is 1.24 bits per heavy atom. The van der Waals surface area contributed by atoms with Crippen molar-refractivity contribution in [2.24, 2.45) is 0 Å². The summed E-state index contributed by atoms with van der Waals surface area (Å²) < 4.78 is 2.11. The minimum Gasteiger partial charge on any atom is -0.337 e. The lowest BCUT2D eigenvalue weighted by atomic mass is 9.91. The Balaban J connectivity index is 1.52. The van der Waals surface area contributed by atoms with E-state index in [9.17, 15) is 4.79 Å². The van der Waals surface area contributed by atoms with E-state index in [0.717, 1.165) is 64.7 Å². The SMILES string of the molecule is CCCn1nc(C(=O)N2CCCCCC2)c2c1CC[C@@H](NCc1cccnc1)C2. The number of aryl methyl sites for hydroxylation is 1. The minimum atomic E-state index is 0.144. The highest BCUT2D eigenvalue weighted by Gasteiger charge is 2.31. The molecule has 0 unspecified atom stereocenters. The van der Waals surface area contributed by atoms with Crippen LogP contribution in [0.25, 0.3) is 0 Å². The zero-order valence-electron chi connectivity index (χ0n) is 17.6. The highest BCUT2D eigenvalue weighted by atomic mass is 16.2. The van der Waals surface area contributed by atoms with Gasteiger partial charge in [-0.05, 0) is 50.2 Å². The molecule has 6 heteroatoms. The maximum Gasteiger partial charge on any atom is 0.274 e. The average molecular weight is 396 g/mol. The fraction of sp³-hybridized carbons (Fsp3) is 0.609. The number of carbonyl (C=O) groups excluding carboxylic acids is 1. The molecule has 4 rings (SSSR count). The number of carbonyl (C=O) groups is 1. The third-order valence-electron chi connectivity index (χ3n) is 6.20. The van der Waals surface area contributed by atoms with Gasteiger partial charge in [-0.2, -0.15) is 5.10 Å². The first-order valence-electron chi connectivity index (χ1n) is 11.3. The maximum atomic E-state index is 13.3. The fourth-order valence-corrected chi connectivity index (χ4v) is 4.62. The molecular weight excluding hydrogens is 362 g/mol. The first-order chi connectivity index (χ1) is 14.3. The lowest BCUT2D eigenvalue weighted by molar-refractivity contribution is 0.0753. The van der Waals surface area contributed by atoms with Crippen LogP contribution >= 0.6 is 0 Å². The van der Waals surface area contributed by atoms with E-state index >= 15 is 0 Å². The van der Waals surface area contributed by atoms with Crippen LogP contribution in [-0.2, 0) is 25.9 Å². The summed E-state index contributed by atoms with van der Waals surface area (Å²) in [6, 6.07) is 4.45. The monoisotopic (exact) mass is 395 g/mol. The Bertz CT molecular complexity index is 808. The molecule has 1 aliphatic heterocycles. The molecule has 1 N–H and O–H groups in total. The van der Waals surface area contributed by atoms with Gasteiger partial charge in [0.25, 0.3) is 5.91 Å². The molecule has 0 spiro atoms. The number of likely N-dealkylation sites (tertiary alicyclic amines) is 1. The highest BCUT2D eigenvalue weighted by Crippen LogP contribution is 2.27. The van der Waals surface area contributed by atoms with E-state index in [1.807, 2.05) is 17.2 Å². The van der Waals surface area contributed by atoms with Crippen molar-refractivity contribution in [1.29, 1.82) is 0 Å². The van der Waals surface area contributed by atoms with Gasteiger partial charge in [0.05, 0.1) is 0 Å². The first kappa shape index (κ1) is 20.1. The number of nitrogens with zero attached hydrogens (tertiary/aromatic N) is 4. The van der Waals surface area contributed by atoms with Gasteiger partial charge in [0.2, 0.25) is 0 Å². The zero-order valence-corrected chi connectivity index (χ0v) is 17.6. The van der Waals surface area contributed by atoms with Crippen LogP contribution in [0.5, 0.6) is 0 Å². The van der Waals surface area contributed by atoms with Gasteiger partial charge in [-0.1, -0.05) is 25.8 Å². The predicted octanol–water partition coefficient (Wildman–Crippen LogP) is 3.35. The molecular formula is C23H33N5O. The van der Waals surface area contributed by atoms with Crippen molar-refractivity contribution in [2.75, 3.05) is 13.1 Å². The lowest BCUT2D eigenvalue weighted by Crippen LogP contribution is -2.36. The smallest absolute Gasteiger partial charge is 0.274 e. The lowest BCUT2D eigenvalue weighted by Gasteiger charge is -2.25. The van der Waals surface area contributed by atoms with E-state index in [-0.39, 0.29) is 5.91 Å². The summed E-state index contributed by atoms with van der Waals surface area (Å²) in [7, 11) is 0. The van der Waals surface area contributed by atoms with Crippen molar-refractivity contribution in [3.05, 3.63) is 47.0 Å². The third-order valence-corrected chi connectivity index (χ3v) is 6.20. The number of amides is 1. The molecule has 3 heterocycles. The summed E-state index contributed by atoms with van der Waals surface area (Å²) in [5.74, 6) is 0.144. The second-order valence-electron chi connectivity index (χ2n) is 8.39. The second-order valence-corrected chi connectivity index (χ2v) is 8.39. The standard InChI is InChI=1S/C23H33N5O/c1-2-12-28-21-10-9-19(25-17-18-8-7-11-24-16-18)15-20(21)22(26-28)23(29)27-13-5-3-4-6-14-27/h7-8,11,16,19,25H,2-6,9-10,12-15,17H2,1H3/t19-/m1/s1. The number of aromatic nitrogens is 3. The molecule has 0 aromatic carbocycles. The van der Waals surface area contributed by atoms with Crippen LogP contribution in [0.1, 0.15) is 72.8 Å². The van der Waals surface area contributed by atoms with Gasteiger partial charge in [0, 0.05) is 55.9 Å². The van der Waals surface area contributed by atoms with E-state index in [2.05, 4.69) is 28.0 Å². The molecule has 0 radical (unpaired) electrons. The molecule has 0 bridgehead atoms. The Hall–Kier alpha value is -2.21. The summed E-state index contributed by atoms with van der Waals surface area (Å²) in [5, 5.41) is 8.50. The number of hydrogen-bond donors (Lipinski definition) is 1. The van der Waals surface area contributed by atoms with Crippen LogP contribution in [-0.4, -0.2) is 44.7 Å². The van der Waals surface area contributed by atoms with E-state index < -0.39 is 0 Å². The van der Waals surface area contributed by atoms with Crippen molar-refractivity contribution >= 4 is 5.91 Å². The summed E-state index contributed by atoms with van der Waals surface area (Å²) in [6.45, 7) is 5.62. The minimum absolute atomic E-state index is 0.144. The average Bonchev–Trinajstić information content (AvgIpc) is 2.92. The molecule has 2 aliphatic rings. The van der Waals surface area contributed by atoms with E-state index in [4.69, 9.17) is 5.10 Å². The van der Waals surface area contributed by atoms with E-state index in [1.54, 1.807) is 6.20 Å². The Kier molecular flexibility index (Phi) is 6.60. The normalized spacial score (nSPS) is 19.6. The Labute approximate surface area is 173 Å². The van der Waals surface area contributed by atoms with Crippen molar-refractivity contribution in [3.8, 4) is 0 Å². The van der Waals surface area contributed by atoms with Gasteiger partial charge in [-0.3, -0.25) is 14.5 Å². The largest absolute Gasteiger partial charge is 0.337 e. The van der Waals surface area contributed by atoms with E-state index in [1.165, 1.54) is 29.7 Å². The number of rotatable bonds is 6. The second kappa shape index (κ2) is 9.53. The van der Waals surface area contributed by atoms with Crippen molar-refractivity contribution in [2.45, 2.75) is 77.4 Å². The quantitative estimate of drug-likeness (QED) is 0.815. The number of fused-ring (bicyclic) bond motifs is 1. The summed E-state index contributed by atoms with van der Waals surface area (Å²) >= 11 is 0. The summed E-state index contributed by atoms with van der Waals surface area (Å²) in [5.41, 5.74) is 4.37. The van der Waals surface area contributed by atoms with Crippen molar-refractivity contribution < 1.29 is 4.79 Å². The molecule has 1 amide bonds. The Morgan fingerprint density at radius 2 is 2.07 bits per heavy atom. The maximum absolute atomic E-state index is 13.3. The molecule has 1 saturated heterocycles. The van der Waals surface area contributed by atoms with Crippen molar-refractivity contribution in [3.63, 3.8) is 0 Å². The number of nitrogens with one attached hydrogen (secondary N) is 1. The van der Waals surface area contributed by atoms with Crippen LogP contribution in [0.15, 0.2) is 24.5 Å². The van der Waals surface area contributed by atoms with Crippen LogP contribution in [0.3, 0.4) is 0 Å². The zero-order chi connectivity index (χ0) is 20.1. The molecule has 156 valence electrons. The number of pyridine rings is 1. The topological polar surface area (TPSA) is 63.1 Å². The molecule has 2 aromatic heterocycles. The van der Waals surface area contributed by atoms with Crippen LogP contribution in [0.2, 0.25) is 0 Å². The summed E-state index contributed by atoms with van der Waals surface area (Å²) in [6.07, 6.45) is 12.4. The summed E-state index contributed by atoms with van der Waals surface area (Å²) in [4.78, 5) is 19.6. The molecule has 1 fully saturated rings. The molecule has 1 aliphatic carbocycles. The first-order valence-corrected chi connectivity index (χ1v) is 11.3. The third kappa shape index (κ3) is 4.69. The number of hydrogen-bond acceptors (Lipinski definition) is 4. The van der Waals surface area contributed by atoms with Gasteiger partial charge in [0.1, 0.15) is 0 Å². The van der Waals surface area contributed by atoms with Gasteiger partial charge >= 0.3 is 0 Å². The van der Waals surface area contributed by atoms with Crippen molar-refractivity contribution in [1.82, 2.24) is 25.0 Å². The van der Waals surface area contributed by atoms with Crippen LogP contribution in [0.4, 0.5) is 0 Å². The Morgan fingerprint density at radius 3 is 2.79 bits per heavy atom. The molecule has 0 saturated carbocycles. The van der Waals surface area contributed by atoms with Crippen LogP contribution < -0.4 is 5.32 Å². The van der Waals surface area contributed by atoms with Gasteiger partial charge < -0.3 is 10.2 Å². The molecule has 2 aromatic rings. The molecule has 6 nitrogen and oxygen atoms in total. The van der Waals surface area contributed by atoms with Crippen LogP contribution in [0, 0.1) is 0 Å². The highest BCUT2D eigenvalue weighted by molar-refractivity contribution is 5.94.